The summed E-state index contributed by atoms with van der Waals surface area (Å²) in [6.45, 7) is 13.4. The number of aliphatic imine (C=N–C) groups is 1. The predicted octanol–water partition coefficient (Wildman–Crippen LogP) is 9.47. The van der Waals surface area contributed by atoms with E-state index in [0.717, 1.165) is 49.2 Å². The van der Waals surface area contributed by atoms with Gasteiger partial charge in [-0.3, -0.25) is 23.9 Å². The fourth-order valence-electron chi connectivity index (χ4n) is 7.79. The molecule has 1 amide bonds. The highest BCUT2D eigenvalue weighted by molar-refractivity contribution is 7.92. The van der Waals surface area contributed by atoms with Gasteiger partial charge in [0.15, 0.2) is 5.82 Å². The van der Waals surface area contributed by atoms with Gasteiger partial charge in [-0.1, -0.05) is 48.5 Å². The number of halogens is 1. The normalized spacial score (nSPS) is 13.7. The minimum absolute atomic E-state index is 0.00138. The summed E-state index contributed by atoms with van der Waals surface area (Å²) in [5.41, 5.74) is 6.86. The van der Waals surface area contributed by atoms with Gasteiger partial charge in [-0.25, -0.2) is 12.8 Å². The number of hydrogen-bond acceptors (Lipinski definition) is 10. The second-order valence-corrected chi connectivity index (χ2v) is 19.6. The Morgan fingerprint density at radius 3 is 2.34 bits per heavy atom. The molecule has 1 aliphatic rings. The third kappa shape index (κ3) is 8.56. The molecule has 0 spiro atoms. The molecule has 4 aromatic carbocycles. The Bertz CT molecular complexity index is 3170. The van der Waals surface area contributed by atoms with Crippen LogP contribution in [0.25, 0.3) is 27.0 Å². The highest BCUT2D eigenvalue weighted by Crippen LogP contribution is 2.40. The van der Waals surface area contributed by atoms with Crippen LogP contribution in [-0.2, 0) is 26.1 Å². The summed E-state index contributed by atoms with van der Waals surface area (Å²) in [5, 5.41) is 22.7. The lowest BCUT2D eigenvalue weighted by Gasteiger charge is -2.20. The van der Waals surface area contributed by atoms with E-state index in [2.05, 4.69) is 45.1 Å². The van der Waals surface area contributed by atoms with E-state index in [0.29, 0.717) is 45.5 Å². The quantitative estimate of drug-likeness (QED) is 0.107. The third-order valence-electron chi connectivity index (χ3n) is 11.1. The molecule has 0 saturated carbocycles. The molecule has 3 N–H and O–H groups in total. The van der Waals surface area contributed by atoms with Crippen LogP contribution in [0.4, 0.5) is 10.1 Å². The number of aromatic nitrogens is 4. The van der Waals surface area contributed by atoms with Crippen LogP contribution in [-0.4, -0.2) is 51.4 Å². The average molecular weight is 897 g/mol. The number of rotatable bonds is 11. The number of anilines is 1. The van der Waals surface area contributed by atoms with E-state index in [1.165, 1.54) is 30.5 Å². The monoisotopic (exact) mass is 896 g/mol. The van der Waals surface area contributed by atoms with Crippen LogP contribution >= 0.6 is 11.3 Å². The standard InChI is InChI=1S/C48H45FN8O5S2/c1-26-8-19-38(44-41(26)34(23-50)25-51-44)56-64(60,61)35-16-9-30(10-17-35)24-52-46(59)36-18-15-33(22-37(36)49)31-11-13-32(14-12-31)43-42-27(2)28(3)63-47(42)57-29(4)54-55-45(57)39(53-43)20-21-40(58)62-48(5,6)7/h8-19,22,25,39,51,56H,20-21,24H2,1-7H3,(H,52,59)/t39-/m0/s1. The molecule has 0 aliphatic carbocycles. The van der Waals surface area contributed by atoms with Crippen LogP contribution in [0.3, 0.4) is 0 Å². The smallest absolute Gasteiger partial charge is 0.306 e. The Morgan fingerprint density at radius 1 is 0.953 bits per heavy atom. The number of esters is 1. The van der Waals surface area contributed by atoms with Gasteiger partial charge < -0.3 is 15.0 Å². The zero-order chi connectivity index (χ0) is 45.7. The summed E-state index contributed by atoms with van der Waals surface area (Å²) in [6, 6.07) is 23.1. The number of aryl methyl sites for hydroxylation is 3. The molecule has 326 valence electrons. The van der Waals surface area contributed by atoms with Crippen molar-refractivity contribution in [1.82, 2.24) is 25.1 Å². The maximum atomic E-state index is 15.6. The number of benzene rings is 4. The van der Waals surface area contributed by atoms with Crippen molar-refractivity contribution >= 4 is 55.5 Å². The number of thiophene rings is 1. The van der Waals surface area contributed by atoms with Gasteiger partial charge in [-0.2, -0.15) is 5.26 Å². The number of amides is 1. The van der Waals surface area contributed by atoms with Gasteiger partial charge in [0.25, 0.3) is 15.9 Å². The SMILES string of the molecule is Cc1sc2c(c1C)C(c1ccc(-c3ccc(C(=O)NCc4ccc(S(=O)(=O)Nc5ccc(C)c6c(C#N)c[nH]c56)cc4)c(F)c3)cc1)=N[C@@H](CCC(=O)OC(C)(C)C)c1nnc(C)n1-2. The molecule has 16 heteroatoms. The minimum atomic E-state index is -4.00. The van der Waals surface area contributed by atoms with Gasteiger partial charge >= 0.3 is 5.97 Å². The highest BCUT2D eigenvalue weighted by atomic mass is 32.2. The van der Waals surface area contributed by atoms with Crippen molar-refractivity contribution < 1.29 is 27.1 Å². The molecule has 0 unspecified atom stereocenters. The molecule has 7 aromatic rings. The Morgan fingerprint density at radius 2 is 1.66 bits per heavy atom. The van der Waals surface area contributed by atoms with Gasteiger partial charge in [-0.15, -0.1) is 21.5 Å². The van der Waals surface area contributed by atoms with Crippen molar-refractivity contribution in [2.75, 3.05) is 4.72 Å². The van der Waals surface area contributed by atoms with E-state index in [9.17, 15) is 23.3 Å². The Balaban J connectivity index is 0.963. The second kappa shape index (κ2) is 17.0. The first-order valence-corrected chi connectivity index (χ1v) is 22.9. The topological polar surface area (TPSA) is 184 Å². The van der Waals surface area contributed by atoms with Crippen molar-refractivity contribution in [3.8, 4) is 22.2 Å². The van der Waals surface area contributed by atoms with E-state index in [4.69, 9.17) is 9.73 Å². The zero-order valence-corrected chi connectivity index (χ0v) is 37.9. The maximum Gasteiger partial charge on any atom is 0.306 e. The van der Waals surface area contributed by atoms with E-state index in [1.807, 2.05) is 63.5 Å². The summed E-state index contributed by atoms with van der Waals surface area (Å²) >= 11 is 1.64. The summed E-state index contributed by atoms with van der Waals surface area (Å²) in [6.07, 6.45) is 2.06. The molecule has 0 bridgehead atoms. The number of H-pyrrole nitrogens is 1. The summed E-state index contributed by atoms with van der Waals surface area (Å²) in [5.74, 6) is -0.268. The first kappa shape index (κ1) is 43.7. The molecule has 0 fully saturated rings. The van der Waals surface area contributed by atoms with Gasteiger partial charge in [0, 0.05) is 40.6 Å². The minimum Gasteiger partial charge on any atom is -0.460 e. The summed E-state index contributed by atoms with van der Waals surface area (Å²) in [7, 11) is -4.00. The first-order valence-electron chi connectivity index (χ1n) is 20.6. The molecule has 1 atom stereocenters. The number of carbonyl (C=O) groups is 2. The fraction of sp³-hybridized carbons (Fsp3) is 0.250. The molecule has 8 rings (SSSR count). The first-order chi connectivity index (χ1) is 30.4. The molecular formula is C48H45FN8O5S2. The van der Waals surface area contributed by atoms with Gasteiger partial charge in [0.05, 0.1) is 32.9 Å². The van der Waals surface area contributed by atoms with Crippen LogP contribution in [0.15, 0.2) is 94.9 Å². The Kier molecular flexibility index (Phi) is 11.6. The number of aromatic amines is 1. The summed E-state index contributed by atoms with van der Waals surface area (Å²) in [4.78, 5) is 35.4. The van der Waals surface area contributed by atoms with Crippen LogP contribution in [0.1, 0.15) is 99.9 Å². The van der Waals surface area contributed by atoms with Crippen molar-refractivity contribution in [3.05, 3.63) is 146 Å². The van der Waals surface area contributed by atoms with Crippen LogP contribution in [0, 0.1) is 44.8 Å². The van der Waals surface area contributed by atoms with Crippen LogP contribution in [0.2, 0.25) is 0 Å². The van der Waals surface area contributed by atoms with Crippen molar-refractivity contribution in [2.45, 2.75) is 84.4 Å². The molecule has 0 saturated heterocycles. The number of sulfonamides is 1. The van der Waals surface area contributed by atoms with Gasteiger partial charge in [-0.05, 0) is 113 Å². The number of carbonyl (C=O) groups excluding carboxylic acids is 2. The van der Waals surface area contributed by atoms with E-state index in [1.54, 1.807) is 41.7 Å². The predicted molar refractivity (Wildman–Crippen MR) is 245 cm³/mol. The number of fused-ring (bicyclic) bond motifs is 4. The average Bonchev–Trinajstić information content (AvgIpc) is 3.93. The van der Waals surface area contributed by atoms with E-state index < -0.39 is 33.4 Å². The molecule has 1 aliphatic heterocycles. The Hall–Kier alpha value is -6.96. The van der Waals surface area contributed by atoms with Crippen LogP contribution in [0.5, 0.6) is 0 Å². The zero-order valence-electron chi connectivity index (χ0n) is 36.3. The molecule has 0 radical (unpaired) electrons. The number of nitriles is 1. The van der Waals surface area contributed by atoms with Crippen molar-refractivity contribution in [1.29, 1.82) is 5.26 Å². The van der Waals surface area contributed by atoms with Crippen molar-refractivity contribution in [3.63, 3.8) is 0 Å². The van der Waals surface area contributed by atoms with Gasteiger partial charge in [0.2, 0.25) is 0 Å². The number of nitrogens with zero attached hydrogens (tertiary/aromatic N) is 5. The maximum absolute atomic E-state index is 15.6. The fourth-order valence-corrected chi connectivity index (χ4v) is 10.1. The Labute approximate surface area is 374 Å². The molecule has 64 heavy (non-hydrogen) atoms. The largest absolute Gasteiger partial charge is 0.460 e. The lowest BCUT2D eigenvalue weighted by atomic mass is 9.96. The number of hydrogen-bond donors (Lipinski definition) is 3. The van der Waals surface area contributed by atoms with Gasteiger partial charge in [0.1, 0.15) is 34.4 Å². The lowest BCUT2D eigenvalue weighted by Crippen LogP contribution is -2.24. The lowest BCUT2D eigenvalue weighted by molar-refractivity contribution is -0.155. The van der Waals surface area contributed by atoms with E-state index in [-0.39, 0.29) is 29.4 Å². The number of nitrogens with one attached hydrogen (secondary N) is 3. The summed E-state index contributed by atoms with van der Waals surface area (Å²) < 4.78 is 52.4. The molecule has 3 aromatic heterocycles. The molecule has 13 nitrogen and oxygen atoms in total. The highest BCUT2D eigenvalue weighted by Gasteiger charge is 2.32. The van der Waals surface area contributed by atoms with E-state index >= 15 is 4.39 Å². The number of ether oxygens (including phenoxy) is 1. The van der Waals surface area contributed by atoms with Crippen LogP contribution < -0.4 is 10.0 Å². The second-order valence-electron chi connectivity index (χ2n) is 16.7. The third-order valence-corrected chi connectivity index (χ3v) is 13.7. The molecular weight excluding hydrogens is 852 g/mol. The molecule has 4 heterocycles. The van der Waals surface area contributed by atoms with Crippen molar-refractivity contribution in [2.24, 2.45) is 4.99 Å².